The molecular formula is C22H26FNO2S. The number of aliphatic hydroxyl groups is 1. The van der Waals surface area contributed by atoms with Crippen LogP contribution < -0.4 is 4.74 Å². The van der Waals surface area contributed by atoms with Crippen molar-refractivity contribution in [3.63, 3.8) is 0 Å². The molecule has 2 aliphatic rings. The number of thioether (sulfide) groups is 1. The van der Waals surface area contributed by atoms with Crippen LogP contribution in [-0.4, -0.2) is 27.7 Å². The van der Waals surface area contributed by atoms with Crippen molar-refractivity contribution in [2.75, 3.05) is 6.73 Å². The Labute approximate surface area is 164 Å². The molecule has 0 spiro atoms. The van der Waals surface area contributed by atoms with E-state index in [-0.39, 0.29) is 23.5 Å². The number of rotatable bonds is 5. The van der Waals surface area contributed by atoms with Crippen LogP contribution in [0.5, 0.6) is 5.75 Å². The quantitative estimate of drug-likeness (QED) is 0.770. The van der Waals surface area contributed by atoms with E-state index in [0.717, 1.165) is 37.0 Å². The van der Waals surface area contributed by atoms with Gasteiger partial charge in [-0.15, -0.1) is 0 Å². The second-order valence-corrected chi connectivity index (χ2v) is 9.50. The Kier molecular flexibility index (Phi) is 5.19. The highest BCUT2D eigenvalue weighted by atomic mass is 32.2. The maximum atomic E-state index is 13.1. The lowest BCUT2D eigenvalue weighted by molar-refractivity contribution is 0.0596. The van der Waals surface area contributed by atoms with Crippen molar-refractivity contribution in [2.45, 2.75) is 61.4 Å². The molecule has 2 aromatic rings. The molecule has 0 aromatic heterocycles. The number of hydrogen-bond donors (Lipinski definition) is 1. The number of aryl methyl sites for hydroxylation is 1. The average Bonchev–Trinajstić information content (AvgIpc) is 3.18. The van der Waals surface area contributed by atoms with Crippen LogP contribution in [0.3, 0.4) is 0 Å². The van der Waals surface area contributed by atoms with Crippen LogP contribution in [0, 0.1) is 5.82 Å². The van der Waals surface area contributed by atoms with Crippen LogP contribution in [0.4, 0.5) is 4.39 Å². The van der Waals surface area contributed by atoms with Crippen molar-refractivity contribution < 1.29 is 14.2 Å². The van der Waals surface area contributed by atoms with Gasteiger partial charge in [-0.3, -0.25) is 4.90 Å². The van der Waals surface area contributed by atoms with Gasteiger partial charge in [-0.1, -0.05) is 30.0 Å². The molecule has 2 atom stereocenters. The first-order valence-corrected chi connectivity index (χ1v) is 10.4. The van der Waals surface area contributed by atoms with Crippen molar-refractivity contribution in [3.8, 4) is 5.75 Å². The van der Waals surface area contributed by atoms with E-state index < -0.39 is 0 Å². The van der Waals surface area contributed by atoms with Gasteiger partial charge in [-0.25, -0.2) is 4.39 Å². The number of hydrogen-bond acceptors (Lipinski definition) is 4. The summed E-state index contributed by atoms with van der Waals surface area (Å²) in [5.41, 5.74) is 2.40. The lowest BCUT2D eigenvalue weighted by Gasteiger charge is -2.28. The third-order valence-electron chi connectivity index (χ3n) is 5.55. The third-order valence-corrected chi connectivity index (χ3v) is 6.66. The minimum atomic E-state index is -0.217. The van der Waals surface area contributed by atoms with E-state index in [9.17, 15) is 9.50 Å². The average molecular weight is 388 g/mol. The van der Waals surface area contributed by atoms with Crippen LogP contribution in [0.1, 0.15) is 50.3 Å². The van der Waals surface area contributed by atoms with Gasteiger partial charge in [0.1, 0.15) is 11.6 Å². The number of fused-ring (bicyclic) bond motifs is 1. The van der Waals surface area contributed by atoms with E-state index in [4.69, 9.17) is 4.74 Å². The van der Waals surface area contributed by atoms with Crippen molar-refractivity contribution in [1.82, 2.24) is 4.90 Å². The van der Waals surface area contributed by atoms with Crippen LogP contribution in [-0.2, 0) is 6.42 Å². The molecule has 27 heavy (non-hydrogen) atoms. The Morgan fingerprint density at radius 1 is 1.19 bits per heavy atom. The van der Waals surface area contributed by atoms with Crippen LogP contribution in [0.2, 0.25) is 0 Å². The molecule has 0 saturated carbocycles. The number of aliphatic hydroxyl groups excluding tert-OH is 1. The van der Waals surface area contributed by atoms with Gasteiger partial charge in [0.05, 0.1) is 11.6 Å². The highest BCUT2D eigenvalue weighted by molar-refractivity contribution is 8.00. The smallest absolute Gasteiger partial charge is 0.153 e. The fraction of sp³-hybridized carbons (Fsp3) is 0.455. The molecule has 5 heteroatoms. The van der Waals surface area contributed by atoms with Crippen LogP contribution in [0.25, 0.3) is 0 Å². The zero-order valence-electron chi connectivity index (χ0n) is 15.8. The summed E-state index contributed by atoms with van der Waals surface area (Å²) in [5, 5.41) is 10.0. The van der Waals surface area contributed by atoms with Gasteiger partial charge in [0.15, 0.2) is 4.93 Å². The van der Waals surface area contributed by atoms with Gasteiger partial charge in [0.25, 0.3) is 0 Å². The fourth-order valence-corrected chi connectivity index (χ4v) is 5.32. The molecule has 4 rings (SSSR count). The summed E-state index contributed by atoms with van der Waals surface area (Å²) in [5.74, 6) is 0.758. The van der Waals surface area contributed by atoms with Gasteiger partial charge >= 0.3 is 0 Å². The van der Waals surface area contributed by atoms with Crippen molar-refractivity contribution in [1.29, 1.82) is 0 Å². The number of ether oxygens (including phenoxy) is 1. The SMILES string of the molecule is CC1(C)Oc2ccc(C3CCC(CCc4ccc(F)cc4)N3CO)cc2S1. The predicted octanol–water partition coefficient (Wildman–Crippen LogP) is 5.13. The van der Waals surface area contributed by atoms with Gasteiger partial charge in [0.2, 0.25) is 0 Å². The summed E-state index contributed by atoms with van der Waals surface area (Å²) in [4.78, 5) is 3.17. The van der Waals surface area contributed by atoms with E-state index in [1.165, 1.54) is 22.6 Å². The fourth-order valence-electron chi connectivity index (χ4n) is 4.25. The molecule has 2 heterocycles. The monoisotopic (exact) mass is 387 g/mol. The van der Waals surface area contributed by atoms with Gasteiger partial charge in [0, 0.05) is 12.1 Å². The van der Waals surface area contributed by atoms with E-state index in [1.54, 1.807) is 11.8 Å². The largest absolute Gasteiger partial charge is 0.476 e. The summed E-state index contributed by atoms with van der Waals surface area (Å²) in [6.45, 7) is 4.22. The Morgan fingerprint density at radius 3 is 2.70 bits per heavy atom. The summed E-state index contributed by atoms with van der Waals surface area (Å²) in [7, 11) is 0. The maximum Gasteiger partial charge on any atom is 0.153 e. The lowest BCUT2D eigenvalue weighted by Crippen LogP contribution is -2.32. The molecule has 1 N–H and O–H groups in total. The maximum absolute atomic E-state index is 13.1. The van der Waals surface area contributed by atoms with E-state index in [2.05, 4.69) is 36.9 Å². The van der Waals surface area contributed by atoms with E-state index >= 15 is 0 Å². The van der Waals surface area contributed by atoms with E-state index in [1.807, 2.05) is 12.1 Å². The standard InChI is InChI=1S/C22H26FNO2S/c1-22(2)26-20-12-6-16(13-21(20)27-22)19-11-10-18(24(19)14-25)9-5-15-3-7-17(23)8-4-15/h3-4,6-8,12-13,18-19,25H,5,9-11,14H2,1-2H3. The minimum Gasteiger partial charge on any atom is -0.476 e. The molecule has 0 bridgehead atoms. The molecule has 2 aromatic carbocycles. The first kappa shape index (κ1) is 18.8. The zero-order chi connectivity index (χ0) is 19.0. The molecule has 0 aliphatic carbocycles. The third kappa shape index (κ3) is 4.00. The Balaban J connectivity index is 1.45. The second-order valence-electron chi connectivity index (χ2n) is 7.88. The topological polar surface area (TPSA) is 32.7 Å². The van der Waals surface area contributed by atoms with Crippen LogP contribution >= 0.6 is 11.8 Å². The minimum absolute atomic E-state index is 0.0605. The Morgan fingerprint density at radius 2 is 1.96 bits per heavy atom. The molecule has 1 saturated heterocycles. The molecule has 2 aliphatic heterocycles. The van der Waals surface area contributed by atoms with Gasteiger partial charge in [-0.2, -0.15) is 0 Å². The van der Waals surface area contributed by atoms with Crippen molar-refractivity contribution in [2.24, 2.45) is 0 Å². The van der Waals surface area contributed by atoms with Crippen molar-refractivity contribution >= 4 is 11.8 Å². The number of likely N-dealkylation sites (tertiary alicyclic amines) is 1. The summed E-state index contributed by atoms with van der Waals surface area (Å²) >= 11 is 1.75. The van der Waals surface area contributed by atoms with Gasteiger partial charge < -0.3 is 9.84 Å². The lowest BCUT2D eigenvalue weighted by atomic mass is 10.0. The molecule has 0 radical (unpaired) electrons. The van der Waals surface area contributed by atoms with Crippen molar-refractivity contribution in [3.05, 3.63) is 59.4 Å². The summed E-state index contributed by atoms with van der Waals surface area (Å²) in [6, 6.07) is 13.7. The highest BCUT2D eigenvalue weighted by Gasteiger charge is 2.36. The Bertz CT molecular complexity index is 808. The molecule has 2 unspecified atom stereocenters. The first-order chi connectivity index (χ1) is 12.9. The number of halogens is 1. The van der Waals surface area contributed by atoms with Crippen LogP contribution in [0.15, 0.2) is 47.4 Å². The second kappa shape index (κ2) is 7.46. The van der Waals surface area contributed by atoms with E-state index in [0.29, 0.717) is 6.04 Å². The first-order valence-electron chi connectivity index (χ1n) is 9.58. The summed E-state index contributed by atoms with van der Waals surface area (Å²) in [6.07, 6.45) is 3.98. The molecule has 144 valence electrons. The molecule has 3 nitrogen and oxygen atoms in total. The van der Waals surface area contributed by atoms with Gasteiger partial charge in [-0.05, 0) is 74.9 Å². The number of benzene rings is 2. The Hall–Kier alpha value is -1.56. The zero-order valence-corrected chi connectivity index (χ0v) is 16.6. The summed E-state index contributed by atoms with van der Waals surface area (Å²) < 4.78 is 19.0. The highest BCUT2D eigenvalue weighted by Crippen LogP contribution is 2.49. The normalized spacial score (nSPS) is 24.0. The number of nitrogens with zero attached hydrogens (tertiary/aromatic N) is 1. The molecule has 0 amide bonds. The molecule has 1 fully saturated rings. The predicted molar refractivity (Wildman–Crippen MR) is 106 cm³/mol. The molecular weight excluding hydrogens is 361 g/mol.